The van der Waals surface area contributed by atoms with Crippen molar-refractivity contribution < 1.29 is 4.42 Å². The molecule has 2 aromatic heterocycles. The first-order valence-corrected chi connectivity index (χ1v) is 5.21. The van der Waals surface area contributed by atoms with E-state index in [-0.39, 0.29) is 5.56 Å². The third-order valence-electron chi connectivity index (χ3n) is 1.69. The Hall–Kier alpha value is -1.49. The molecule has 4 nitrogen and oxygen atoms in total. The Kier molecular flexibility index (Phi) is 2.41. The topological polar surface area (TPSA) is 58.9 Å². The molecule has 0 aromatic carbocycles. The SMILES string of the molecule is CSc1nc(-c2ccco2)cc(=O)[nH]1. The number of hydrogen-bond donors (Lipinski definition) is 1. The Labute approximate surface area is 84.4 Å². The van der Waals surface area contributed by atoms with Crippen LogP contribution in [-0.2, 0) is 0 Å². The molecular formula is C9H8N2O2S. The normalized spacial score (nSPS) is 10.4. The molecule has 0 aliphatic rings. The summed E-state index contributed by atoms with van der Waals surface area (Å²) in [6.45, 7) is 0. The van der Waals surface area contributed by atoms with Crippen LogP contribution in [0.4, 0.5) is 0 Å². The molecule has 2 rings (SSSR count). The van der Waals surface area contributed by atoms with Crippen LogP contribution in [0.1, 0.15) is 0 Å². The lowest BCUT2D eigenvalue weighted by Crippen LogP contribution is -2.07. The number of H-pyrrole nitrogens is 1. The second-order valence-corrected chi connectivity index (χ2v) is 3.41. The van der Waals surface area contributed by atoms with Gasteiger partial charge in [0.05, 0.1) is 6.26 Å². The predicted octanol–water partition coefficient (Wildman–Crippen LogP) is 1.75. The maximum absolute atomic E-state index is 11.2. The molecule has 0 saturated carbocycles. The number of rotatable bonds is 2. The molecular weight excluding hydrogens is 200 g/mol. The Morgan fingerprint density at radius 1 is 1.57 bits per heavy atom. The molecule has 0 bridgehead atoms. The van der Waals surface area contributed by atoms with Crippen LogP contribution >= 0.6 is 11.8 Å². The number of aromatic amines is 1. The van der Waals surface area contributed by atoms with Crippen LogP contribution in [0, 0.1) is 0 Å². The third-order valence-corrected chi connectivity index (χ3v) is 2.27. The lowest BCUT2D eigenvalue weighted by molar-refractivity contribution is 0.578. The van der Waals surface area contributed by atoms with E-state index in [2.05, 4.69) is 9.97 Å². The van der Waals surface area contributed by atoms with Crippen molar-refractivity contribution in [3.8, 4) is 11.5 Å². The maximum atomic E-state index is 11.2. The van der Waals surface area contributed by atoms with Crippen molar-refractivity contribution in [2.24, 2.45) is 0 Å². The molecule has 0 spiro atoms. The average molecular weight is 208 g/mol. The van der Waals surface area contributed by atoms with E-state index in [1.54, 1.807) is 18.4 Å². The maximum Gasteiger partial charge on any atom is 0.252 e. The highest BCUT2D eigenvalue weighted by molar-refractivity contribution is 7.98. The van der Waals surface area contributed by atoms with Gasteiger partial charge in [0, 0.05) is 6.07 Å². The zero-order chi connectivity index (χ0) is 9.97. The fraction of sp³-hybridized carbons (Fsp3) is 0.111. The molecule has 0 radical (unpaired) electrons. The van der Waals surface area contributed by atoms with Gasteiger partial charge >= 0.3 is 0 Å². The van der Waals surface area contributed by atoms with Gasteiger partial charge in [-0.15, -0.1) is 0 Å². The highest BCUT2D eigenvalue weighted by Gasteiger charge is 2.04. The van der Waals surface area contributed by atoms with Gasteiger partial charge in [0.2, 0.25) is 0 Å². The Morgan fingerprint density at radius 2 is 2.43 bits per heavy atom. The first-order valence-electron chi connectivity index (χ1n) is 3.99. The summed E-state index contributed by atoms with van der Waals surface area (Å²) in [5.41, 5.74) is 0.388. The van der Waals surface area contributed by atoms with Crippen molar-refractivity contribution in [1.29, 1.82) is 0 Å². The Balaban J connectivity index is 2.54. The monoisotopic (exact) mass is 208 g/mol. The van der Waals surface area contributed by atoms with Gasteiger partial charge in [0.1, 0.15) is 5.69 Å². The summed E-state index contributed by atoms with van der Waals surface area (Å²) < 4.78 is 5.15. The number of aromatic nitrogens is 2. The molecule has 0 atom stereocenters. The van der Waals surface area contributed by atoms with Gasteiger partial charge in [0.25, 0.3) is 5.56 Å². The third kappa shape index (κ3) is 1.72. The number of nitrogens with one attached hydrogen (secondary N) is 1. The molecule has 72 valence electrons. The number of thioether (sulfide) groups is 1. The van der Waals surface area contributed by atoms with E-state index in [9.17, 15) is 4.79 Å². The molecule has 0 aliphatic carbocycles. The number of hydrogen-bond acceptors (Lipinski definition) is 4. The minimum absolute atomic E-state index is 0.171. The van der Waals surface area contributed by atoms with Crippen molar-refractivity contribution in [2.75, 3.05) is 6.26 Å². The molecule has 0 saturated heterocycles. The van der Waals surface area contributed by atoms with E-state index in [4.69, 9.17) is 4.42 Å². The fourth-order valence-electron chi connectivity index (χ4n) is 1.08. The molecule has 0 amide bonds. The van der Waals surface area contributed by atoms with Gasteiger partial charge in [-0.25, -0.2) is 4.98 Å². The smallest absolute Gasteiger partial charge is 0.252 e. The summed E-state index contributed by atoms with van der Waals surface area (Å²) >= 11 is 1.39. The van der Waals surface area contributed by atoms with E-state index >= 15 is 0 Å². The molecule has 0 aliphatic heterocycles. The standard InChI is InChI=1S/C9H8N2O2S/c1-14-9-10-6(5-8(12)11-9)7-3-2-4-13-7/h2-5H,1H3,(H,10,11,12). The number of furan rings is 1. The zero-order valence-corrected chi connectivity index (χ0v) is 8.30. The van der Waals surface area contributed by atoms with Crippen molar-refractivity contribution in [2.45, 2.75) is 5.16 Å². The van der Waals surface area contributed by atoms with Crippen LogP contribution in [0.3, 0.4) is 0 Å². The fourth-order valence-corrected chi connectivity index (χ4v) is 1.47. The molecule has 0 unspecified atom stereocenters. The van der Waals surface area contributed by atoms with Crippen molar-refractivity contribution >= 4 is 11.8 Å². The largest absolute Gasteiger partial charge is 0.463 e. The quantitative estimate of drug-likeness (QED) is 0.603. The van der Waals surface area contributed by atoms with Gasteiger partial charge in [-0.1, -0.05) is 11.8 Å². The van der Waals surface area contributed by atoms with Gasteiger partial charge in [-0.3, -0.25) is 4.79 Å². The highest BCUT2D eigenvalue weighted by Crippen LogP contribution is 2.17. The van der Waals surface area contributed by atoms with Gasteiger partial charge in [0.15, 0.2) is 10.9 Å². The molecule has 5 heteroatoms. The zero-order valence-electron chi connectivity index (χ0n) is 7.48. The van der Waals surface area contributed by atoms with Crippen LogP contribution in [0.25, 0.3) is 11.5 Å². The average Bonchev–Trinajstić information content (AvgIpc) is 2.69. The second-order valence-electron chi connectivity index (χ2n) is 2.62. The first kappa shape index (κ1) is 9.08. The minimum Gasteiger partial charge on any atom is -0.463 e. The van der Waals surface area contributed by atoms with Crippen molar-refractivity contribution in [1.82, 2.24) is 9.97 Å². The summed E-state index contributed by atoms with van der Waals surface area (Å²) in [4.78, 5) is 18.0. The van der Waals surface area contributed by atoms with Crippen LogP contribution in [0.5, 0.6) is 0 Å². The van der Waals surface area contributed by atoms with Crippen LogP contribution in [-0.4, -0.2) is 16.2 Å². The molecule has 2 heterocycles. The molecule has 1 N–H and O–H groups in total. The summed E-state index contributed by atoms with van der Waals surface area (Å²) in [7, 11) is 0. The molecule has 2 aromatic rings. The summed E-state index contributed by atoms with van der Waals surface area (Å²) in [5, 5.41) is 0.587. The highest BCUT2D eigenvalue weighted by atomic mass is 32.2. The van der Waals surface area contributed by atoms with Crippen LogP contribution < -0.4 is 5.56 Å². The summed E-state index contributed by atoms with van der Waals surface area (Å²) in [6.07, 6.45) is 3.40. The second kappa shape index (κ2) is 3.71. The van der Waals surface area contributed by atoms with E-state index < -0.39 is 0 Å². The van der Waals surface area contributed by atoms with Gasteiger partial charge < -0.3 is 9.40 Å². The Bertz CT molecular complexity index is 476. The van der Waals surface area contributed by atoms with Gasteiger partial charge in [-0.2, -0.15) is 0 Å². The van der Waals surface area contributed by atoms with Gasteiger partial charge in [-0.05, 0) is 18.4 Å². The first-order chi connectivity index (χ1) is 6.79. The van der Waals surface area contributed by atoms with Crippen molar-refractivity contribution in [3.05, 3.63) is 34.8 Å². The summed E-state index contributed by atoms with van der Waals surface area (Å²) in [6, 6.07) is 4.95. The van der Waals surface area contributed by atoms with Crippen LogP contribution in [0.15, 0.2) is 38.8 Å². The molecule has 0 fully saturated rings. The van der Waals surface area contributed by atoms with E-state index in [0.29, 0.717) is 16.6 Å². The lowest BCUT2D eigenvalue weighted by atomic mass is 10.3. The lowest BCUT2D eigenvalue weighted by Gasteiger charge is -1.98. The number of nitrogens with zero attached hydrogens (tertiary/aromatic N) is 1. The summed E-state index contributed by atoms with van der Waals surface area (Å²) in [5.74, 6) is 0.603. The van der Waals surface area contributed by atoms with Crippen molar-refractivity contribution in [3.63, 3.8) is 0 Å². The van der Waals surface area contributed by atoms with Crippen LogP contribution in [0.2, 0.25) is 0 Å². The molecule has 14 heavy (non-hydrogen) atoms. The Morgan fingerprint density at radius 3 is 3.07 bits per heavy atom. The van der Waals surface area contributed by atoms with E-state index in [1.165, 1.54) is 17.8 Å². The van der Waals surface area contributed by atoms with E-state index in [1.807, 2.05) is 6.26 Å². The predicted molar refractivity (Wildman–Crippen MR) is 54.3 cm³/mol. The van der Waals surface area contributed by atoms with E-state index in [0.717, 1.165) is 0 Å². The minimum atomic E-state index is -0.171.